The molecule has 0 amide bonds. The molecule has 0 bridgehead atoms. The zero-order valence-electron chi connectivity index (χ0n) is 7.14. The Balaban J connectivity index is 3.15. The van der Waals surface area contributed by atoms with E-state index in [-0.39, 0.29) is 0 Å². The first-order valence-corrected chi connectivity index (χ1v) is 4.48. The van der Waals surface area contributed by atoms with Gasteiger partial charge in [-0.3, -0.25) is 0 Å². The Hall–Kier alpha value is -0.370. The van der Waals surface area contributed by atoms with Gasteiger partial charge in [0.1, 0.15) is 6.61 Å². The van der Waals surface area contributed by atoms with Crippen molar-refractivity contribution in [2.45, 2.75) is 32.6 Å². The van der Waals surface area contributed by atoms with Crippen molar-refractivity contribution in [3.05, 3.63) is 12.7 Å². The second kappa shape index (κ2) is 7.73. The Morgan fingerprint density at radius 2 is 2.27 bits per heavy atom. The Labute approximate surface area is 74.4 Å². The summed E-state index contributed by atoms with van der Waals surface area (Å²) in [5, 5.41) is 0.721. The zero-order chi connectivity index (χ0) is 8.53. The number of ether oxygens (including phenoxy) is 1. The van der Waals surface area contributed by atoms with Crippen LogP contribution >= 0.6 is 12.2 Å². The molecule has 0 atom stereocenters. The normalized spacial score (nSPS) is 9.18. The van der Waals surface area contributed by atoms with Crippen molar-refractivity contribution in [2.24, 2.45) is 0 Å². The summed E-state index contributed by atoms with van der Waals surface area (Å²) < 4.78 is 5.15. The number of hydrogen-bond acceptors (Lipinski definition) is 2. The molecule has 0 spiro atoms. The Morgan fingerprint density at radius 3 is 2.82 bits per heavy atom. The molecule has 0 aromatic heterocycles. The van der Waals surface area contributed by atoms with Crippen LogP contribution in [0.4, 0.5) is 0 Å². The van der Waals surface area contributed by atoms with Crippen LogP contribution in [0.5, 0.6) is 0 Å². The van der Waals surface area contributed by atoms with Crippen molar-refractivity contribution in [3.63, 3.8) is 0 Å². The number of rotatable bonds is 6. The SMILES string of the molecule is C=CCOC(=S)CCCCC. The highest BCUT2D eigenvalue weighted by atomic mass is 32.1. The molecular formula is C9H16OS. The molecule has 0 aliphatic rings. The lowest BCUT2D eigenvalue weighted by Gasteiger charge is -2.03. The van der Waals surface area contributed by atoms with Crippen LogP contribution in [0, 0.1) is 0 Å². The van der Waals surface area contributed by atoms with E-state index in [2.05, 4.69) is 13.5 Å². The van der Waals surface area contributed by atoms with E-state index < -0.39 is 0 Å². The van der Waals surface area contributed by atoms with Crippen LogP contribution in [-0.4, -0.2) is 11.7 Å². The highest BCUT2D eigenvalue weighted by Crippen LogP contribution is 2.01. The maximum absolute atomic E-state index is 5.15. The van der Waals surface area contributed by atoms with E-state index in [1.165, 1.54) is 12.8 Å². The van der Waals surface area contributed by atoms with E-state index in [9.17, 15) is 0 Å². The Bertz CT molecular complexity index is 121. The molecule has 11 heavy (non-hydrogen) atoms. The lowest BCUT2D eigenvalue weighted by atomic mass is 10.2. The van der Waals surface area contributed by atoms with Gasteiger partial charge in [0.2, 0.25) is 0 Å². The maximum atomic E-state index is 5.15. The summed E-state index contributed by atoms with van der Waals surface area (Å²) in [6, 6.07) is 0. The monoisotopic (exact) mass is 172 g/mol. The van der Waals surface area contributed by atoms with E-state index in [0.717, 1.165) is 17.9 Å². The quantitative estimate of drug-likeness (QED) is 0.346. The van der Waals surface area contributed by atoms with Crippen molar-refractivity contribution in [2.75, 3.05) is 6.61 Å². The Kier molecular flexibility index (Phi) is 7.47. The van der Waals surface area contributed by atoms with Crippen LogP contribution in [0.2, 0.25) is 0 Å². The fraction of sp³-hybridized carbons (Fsp3) is 0.667. The first-order chi connectivity index (χ1) is 5.31. The molecule has 2 heteroatoms. The minimum absolute atomic E-state index is 0.547. The Morgan fingerprint density at radius 1 is 1.55 bits per heavy atom. The molecular weight excluding hydrogens is 156 g/mol. The van der Waals surface area contributed by atoms with Crippen molar-refractivity contribution < 1.29 is 4.74 Å². The van der Waals surface area contributed by atoms with E-state index in [1.54, 1.807) is 6.08 Å². The lowest BCUT2D eigenvalue weighted by molar-refractivity contribution is 0.348. The molecule has 0 heterocycles. The molecule has 0 fully saturated rings. The van der Waals surface area contributed by atoms with Gasteiger partial charge in [0.25, 0.3) is 0 Å². The predicted molar refractivity (Wildman–Crippen MR) is 52.9 cm³/mol. The van der Waals surface area contributed by atoms with Crippen molar-refractivity contribution >= 4 is 17.3 Å². The van der Waals surface area contributed by atoms with Gasteiger partial charge < -0.3 is 4.74 Å². The topological polar surface area (TPSA) is 9.23 Å². The molecule has 0 aliphatic heterocycles. The van der Waals surface area contributed by atoms with Gasteiger partial charge in [0.05, 0.1) is 0 Å². The van der Waals surface area contributed by atoms with Crippen LogP contribution in [0.1, 0.15) is 32.6 Å². The van der Waals surface area contributed by atoms with E-state index in [1.807, 2.05) is 0 Å². The second-order valence-corrected chi connectivity index (χ2v) is 2.88. The van der Waals surface area contributed by atoms with E-state index in [0.29, 0.717) is 6.61 Å². The molecule has 0 aromatic rings. The molecule has 0 radical (unpaired) electrons. The molecule has 0 rings (SSSR count). The minimum atomic E-state index is 0.547. The van der Waals surface area contributed by atoms with E-state index in [4.69, 9.17) is 17.0 Å². The number of hydrogen-bond donors (Lipinski definition) is 0. The average molecular weight is 172 g/mol. The third-order valence-corrected chi connectivity index (χ3v) is 1.67. The van der Waals surface area contributed by atoms with Crippen LogP contribution in [0.25, 0.3) is 0 Å². The number of unbranched alkanes of at least 4 members (excludes halogenated alkanes) is 2. The minimum Gasteiger partial charge on any atom is -0.483 e. The van der Waals surface area contributed by atoms with Crippen LogP contribution < -0.4 is 0 Å². The van der Waals surface area contributed by atoms with Crippen molar-refractivity contribution in [1.82, 2.24) is 0 Å². The molecule has 0 N–H and O–H groups in total. The van der Waals surface area contributed by atoms with Gasteiger partial charge >= 0.3 is 0 Å². The fourth-order valence-electron chi connectivity index (χ4n) is 0.743. The third kappa shape index (κ3) is 7.53. The summed E-state index contributed by atoms with van der Waals surface area (Å²) in [5.74, 6) is 0. The fourth-order valence-corrected chi connectivity index (χ4v) is 0.956. The largest absolute Gasteiger partial charge is 0.483 e. The van der Waals surface area contributed by atoms with Gasteiger partial charge in [-0.15, -0.1) is 0 Å². The summed E-state index contributed by atoms with van der Waals surface area (Å²) >= 11 is 4.96. The van der Waals surface area contributed by atoms with Gasteiger partial charge in [-0.05, 0) is 18.6 Å². The smallest absolute Gasteiger partial charge is 0.160 e. The second-order valence-electron chi connectivity index (χ2n) is 2.43. The van der Waals surface area contributed by atoms with Crippen LogP contribution in [0.15, 0.2) is 12.7 Å². The van der Waals surface area contributed by atoms with E-state index >= 15 is 0 Å². The standard InChI is InChI=1S/C9H16OS/c1-3-5-6-7-9(11)10-8-4-2/h4H,2-3,5-8H2,1H3. The molecule has 64 valence electrons. The highest BCUT2D eigenvalue weighted by Gasteiger charge is 1.94. The van der Waals surface area contributed by atoms with Crippen molar-refractivity contribution in [1.29, 1.82) is 0 Å². The summed E-state index contributed by atoms with van der Waals surface area (Å²) in [6.07, 6.45) is 6.23. The molecule has 1 nitrogen and oxygen atoms in total. The van der Waals surface area contributed by atoms with Gasteiger partial charge in [-0.25, -0.2) is 0 Å². The molecule has 0 saturated carbocycles. The number of thiocarbonyl (C=S) groups is 1. The maximum Gasteiger partial charge on any atom is 0.160 e. The molecule has 0 aromatic carbocycles. The predicted octanol–water partition coefficient (Wildman–Crippen LogP) is 3.10. The summed E-state index contributed by atoms with van der Waals surface area (Å²) in [5.41, 5.74) is 0. The first-order valence-electron chi connectivity index (χ1n) is 4.07. The third-order valence-electron chi connectivity index (χ3n) is 1.35. The van der Waals surface area contributed by atoms with Gasteiger partial charge in [-0.1, -0.05) is 32.4 Å². The van der Waals surface area contributed by atoms with Gasteiger partial charge in [-0.2, -0.15) is 0 Å². The molecule has 0 unspecified atom stereocenters. The lowest BCUT2D eigenvalue weighted by Crippen LogP contribution is -2.00. The summed E-state index contributed by atoms with van der Waals surface area (Å²) in [6.45, 7) is 6.27. The average Bonchev–Trinajstić information content (AvgIpc) is 2.01. The van der Waals surface area contributed by atoms with Crippen molar-refractivity contribution in [3.8, 4) is 0 Å². The van der Waals surface area contributed by atoms with Crippen LogP contribution in [-0.2, 0) is 4.74 Å². The first kappa shape index (κ1) is 10.6. The van der Waals surface area contributed by atoms with Gasteiger partial charge in [0, 0.05) is 6.42 Å². The van der Waals surface area contributed by atoms with Crippen LogP contribution in [0.3, 0.4) is 0 Å². The van der Waals surface area contributed by atoms with Gasteiger partial charge in [0.15, 0.2) is 5.05 Å². The summed E-state index contributed by atoms with van der Waals surface area (Å²) in [4.78, 5) is 0. The molecule has 0 saturated heterocycles. The summed E-state index contributed by atoms with van der Waals surface area (Å²) in [7, 11) is 0. The highest BCUT2D eigenvalue weighted by molar-refractivity contribution is 7.80. The molecule has 0 aliphatic carbocycles. The zero-order valence-corrected chi connectivity index (χ0v) is 7.95.